The first kappa shape index (κ1) is 19.1. The second kappa shape index (κ2) is 8.81. The molecular weight excluding hydrogens is 370 g/mol. The maximum absolute atomic E-state index is 12.4. The zero-order valence-electron chi connectivity index (χ0n) is 14.8. The van der Waals surface area contributed by atoms with Crippen molar-refractivity contribution in [3.63, 3.8) is 0 Å². The molecule has 0 N–H and O–H groups in total. The number of rotatable bonds is 9. The molecule has 1 saturated carbocycles. The van der Waals surface area contributed by atoms with Crippen molar-refractivity contribution in [2.45, 2.75) is 50.7 Å². The van der Waals surface area contributed by atoms with Crippen molar-refractivity contribution in [1.82, 2.24) is 14.8 Å². The third kappa shape index (κ3) is 4.17. The lowest BCUT2D eigenvalue weighted by Gasteiger charge is -2.24. The summed E-state index contributed by atoms with van der Waals surface area (Å²) in [7, 11) is 0. The van der Waals surface area contributed by atoms with Crippen molar-refractivity contribution >= 4 is 34.9 Å². The molecule has 0 unspecified atom stereocenters. The van der Waals surface area contributed by atoms with Crippen molar-refractivity contribution < 1.29 is 14.3 Å². The van der Waals surface area contributed by atoms with Gasteiger partial charge in [-0.15, -0.1) is 21.5 Å². The van der Waals surface area contributed by atoms with Gasteiger partial charge in [-0.25, -0.2) is 0 Å². The molecule has 0 aliphatic heterocycles. The van der Waals surface area contributed by atoms with Gasteiger partial charge in [0.1, 0.15) is 17.5 Å². The van der Waals surface area contributed by atoms with Gasteiger partial charge in [-0.1, -0.05) is 17.8 Å². The zero-order valence-corrected chi connectivity index (χ0v) is 16.5. The summed E-state index contributed by atoms with van der Waals surface area (Å²) in [6.07, 6.45) is 5.00. The average Bonchev–Trinajstić information content (AvgIpc) is 3.36. The number of hydrogen-bond acceptors (Lipinski definition) is 7. The van der Waals surface area contributed by atoms with Crippen LogP contribution in [0, 0.1) is 5.41 Å². The number of ketones is 1. The number of thioether (sulfide) groups is 1. The van der Waals surface area contributed by atoms with Gasteiger partial charge in [0.05, 0.1) is 6.61 Å². The Morgan fingerprint density at radius 3 is 3.08 bits per heavy atom. The van der Waals surface area contributed by atoms with Gasteiger partial charge in [0.25, 0.3) is 0 Å². The van der Waals surface area contributed by atoms with Crippen molar-refractivity contribution in [3.05, 3.63) is 28.7 Å². The van der Waals surface area contributed by atoms with E-state index in [1.807, 2.05) is 4.57 Å². The highest BCUT2D eigenvalue weighted by Gasteiger charge is 2.49. The molecule has 6 nitrogen and oxygen atoms in total. The fourth-order valence-electron chi connectivity index (χ4n) is 3.29. The summed E-state index contributed by atoms with van der Waals surface area (Å²) in [6, 6.07) is 4.17. The van der Waals surface area contributed by atoms with Crippen LogP contribution in [0.15, 0.2) is 29.0 Å². The lowest BCUT2D eigenvalue weighted by atomic mass is 9.82. The van der Waals surface area contributed by atoms with E-state index in [2.05, 4.69) is 27.7 Å². The Hall–Kier alpha value is -1.67. The standard InChI is InChI=1S/C18H23N3O3S2/c1-2-24-16(23)18(8-3-6-15(18)22)9-12-26-17-20-19-13-21(17)10-7-14-5-4-11-25-14/h4-5,11,13H,2-3,6-10,12H2,1H3/t18-/m0/s1. The van der Waals surface area contributed by atoms with E-state index in [4.69, 9.17) is 4.74 Å². The number of hydrogen-bond donors (Lipinski definition) is 0. The largest absolute Gasteiger partial charge is 0.465 e. The number of aromatic nitrogens is 3. The Kier molecular flexibility index (Phi) is 6.48. The summed E-state index contributed by atoms with van der Waals surface area (Å²) >= 11 is 3.29. The summed E-state index contributed by atoms with van der Waals surface area (Å²) in [5.74, 6) is 0.306. The minimum absolute atomic E-state index is 0.0238. The van der Waals surface area contributed by atoms with E-state index in [0.29, 0.717) is 31.6 Å². The van der Waals surface area contributed by atoms with Crippen LogP contribution in [-0.4, -0.2) is 38.9 Å². The summed E-state index contributed by atoms with van der Waals surface area (Å²) in [6.45, 7) is 2.89. The molecule has 3 rings (SSSR count). The van der Waals surface area contributed by atoms with E-state index in [1.54, 1.807) is 36.3 Å². The molecule has 2 aromatic rings. The van der Waals surface area contributed by atoms with Gasteiger partial charge >= 0.3 is 5.97 Å². The Morgan fingerprint density at radius 1 is 1.50 bits per heavy atom. The molecule has 1 atom stereocenters. The molecule has 0 bridgehead atoms. The number of esters is 1. The number of carbonyl (C=O) groups is 2. The molecule has 0 amide bonds. The minimum Gasteiger partial charge on any atom is -0.465 e. The van der Waals surface area contributed by atoms with Gasteiger partial charge in [-0.3, -0.25) is 9.59 Å². The van der Waals surface area contributed by atoms with Crippen LogP contribution in [0.4, 0.5) is 0 Å². The third-order valence-electron chi connectivity index (χ3n) is 4.73. The lowest BCUT2D eigenvalue weighted by molar-refractivity contribution is -0.158. The van der Waals surface area contributed by atoms with Gasteiger partial charge in [-0.05, 0) is 44.1 Å². The topological polar surface area (TPSA) is 74.1 Å². The second-order valence-corrected chi connectivity index (χ2v) is 8.41. The third-order valence-corrected chi connectivity index (χ3v) is 6.65. The number of nitrogens with zero attached hydrogens (tertiary/aromatic N) is 3. The Balaban J connectivity index is 1.57. The number of ether oxygens (including phenoxy) is 1. The van der Waals surface area contributed by atoms with Crippen LogP contribution in [0.5, 0.6) is 0 Å². The highest BCUT2D eigenvalue weighted by Crippen LogP contribution is 2.40. The minimum atomic E-state index is -0.954. The Bertz CT molecular complexity index is 745. The molecule has 2 aromatic heterocycles. The van der Waals surface area contributed by atoms with Gasteiger partial charge in [0, 0.05) is 23.6 Å². The first-order chi connectivity index (χ1) is 12.7. The Labute approximate surface area is 161 Å². The van der Waals surface area contributed by atoms with Gasteiger partial charge in [-0.2, -0.15) is 0 Å². The molecule has 0 radical (unpaired) electrons. The van der Waals surface area contributed by atoms with E-state index in [0.717, 1.165) is 24.5 Å². The summed E-state index contributed by atoms with van der Waals surface area (Å²) in [5.41, 5.74) is -0.954. The first-order valence-corrected chi connectivity index (χ1v) is 10.8. The van der Waals surface area contributed by atoms with E-state index in [1.165, 1.54) is 4.88 Å². The molecule has 1 fully saturated rings. The predicted octanol–water partition coefficient (Wildman–Crippen LogP) is 3.37. The molecule has 1 aliphatic rings. The predicted molar refractivity (Wildman–Crippen MR) is 101 cm³/mol. The van der Waals surface area contributed by atoms with Crippen LogP contribution in [-0.2, 0) is 27.3 Å². The molecule has 1 aliphatic carbocycles. The molecule has 0 aromatic carbocycles. The Morgan fingerprint density at radius 2 is 2.38 bits per heavy atom. The molecule has 26 heavy (non-hydrogen) atoms. The monoisotopic (exact) mass is 393 g/mol. The number of Topliss-reactive ketones (excluding diaryl/α,β-unsaturated/α-hetero) is 1. The number of carbonyl (C=O) groups excluding carboxylic acids is 2. The average molecular weight is 394 g/mol. The second-order valence-electron chi connectivity index (χ2n) is 6.31. The van der Waals surface area contributed by atoms with Crippen molar-refractivity contribution in [2.24, 2.45) is 5.41 Å². The fourth-order valence-corrected chi connectivity index (χ4v) is 5.03. The van der Waals surface area contributed by atoms with Crippen LogP contribution >= 0.6 is 23.1 Å². The molecule has 2 heterocycles. The summed E-state index contributed by atoms with van der Waals surface area (Å²) < 4.78 is 7.22. The lowest BCUT2D eigenvalue weighted by Crippen LogP contribution is -2.37. The molecule has 8 heteroatoms. The molecule has 0 saturated heterocycles. The van der Waals surface area contributed by atoms with E-state index in [-0.39, 0.29) is 11.8 Å². The van der Waals surface area contributed by atoms with Crippen LogP contribution in [0.1, 0.15) is 37.5 Å². The van der Waals surface area contributed by atoms with Gasteiger partial charge < -0.3 is 9.30 Å². The summed E-state index contributed by atoms with van der Waals surface area (Å²) in [4.78, 5) is 26.1. The van der Waals surface area contributed by atoms with Crippen LogP contribution in [0.3, 0.4) is 0 Å². The van der Waals surface area contributed by atoms with Crippen LogP contribution in [0.2, 0.25) is 0 Å². The number of thiophene rings is 1. The van der Waals surface area contributed by atoms with Gasteiger partial charge in [0.15, 0.2) is 5.16 Å². The molecule has 0 spiro atoms. The highest BCUT2D eigenvalue weighted by molar-refractivity contribution is 7.99. The smallest absolute Gasteiger partial charge is 0.319 e. The van der Waals surface area contributed by atoms with Gasteiger partial charge in [0.2, 0.25) is 0 Å². The first-order valence-electron chi connectivity index (χ1n) is 8.89. The maximum Gasteiger partial charge on any atom is 0.319 e. The quantitative estimate of drug-likeness (QED) is 0.369. The van der Waals surface area contributed by atoms with Crippen molar-refractivity contribution in [1.29, 1.82) is 0 Å². The molecule has 140 valence electrons. The molecular formula is C18H23N3O3S2. The van der Waals surface area contributed by atoms with E-state index >= 15 is 0 Å². The van der Waals surface area contributed by atoms with E-state index in [9.17, 15) is 9.59 Å². The highest BCUT2D eigenvalue weighted by atomic mass is 32.2. The fraction of sp³-hybridized carbons (Fsp3) is 0.556. The SMILES string of the molecule is CCOC(=O)[C@]1(CCSc2nncn2CCc2cccs2)CCCC1=O. The maximum atomic E-state index is 12.4. The van der Waals surface area contributed by atoms with Crippen LogP contribution in [0.25, 0.3) is 0 Å². The zero-order chi connectivity index (χ0) is 18.4. The number of aryl methyl sites for hydroxylation is 2. The van der Waals surface area contributed by atoms with Crippen LogP contribution < -0.4 is 0 Å². The van der Waals surface area contributed by atoms with Crippen molar-refractivity contribution in [2.75, 3.05) is 12.4 Å². The van der Waals surface area contributed by atoms with Crippen molar-refractivity contribution in [3.8, 4) is 0 Å². The summed E-state index contributed by atoms with van der Waals surface area (Å²) in [5, 5.41) is 11.1. The normalized spacial score (nSPS) is 19.8. The van der Waals surface area contributed by atoms with E-state index < -0.39 is 5.41 Å².